The summed E-state index contributed by atoms with van der Waals surface area (Å²) in [5.74, 6) is -1.82. The molecule has 1 aromatic carbocycles. The van der Waals surface area contributed by atoms with Crippen LogP contribution in [-0.4, -0.2) is 40.2 Å². The molecule has 0 unspecified atom stereocenters. The summed E-state index contributed by atoms with van der Waals surface area (Å²) in [6, 6.07) is 4.11. The van der Waals surface area contributed by atoms with Gasteiger partial charge >= 0.3 is 5.97 Å². The number of carboxylic acids is 1. The molecule has 1 saturated heterocycles. The number of fused-ring (bicyclic) bond motifs is 1. The van der Waals surface area contributed by atoms with Gasteiger partial charge in [-0.1, -0.05) is 12.1 Å². The van der Waals surface area contributed by atoms with Crippen LogP contribution in [-0.2, 0) is 6.54 Å². The topological polar surface area (TPSA) is 62.5 Å². The van der Waals surface area contributed by atoms with E-state index in [1.54, 1.807) is 6.92 Å². The van der Waals surface area contributed by atoms with E-state index in [1.807, 2.05) is 0 Å². The summed E-state index contributed by atoms with van der Waals surface area (Å²) in [6.45, 7) is 4.62. The number of carboxylic acid groups (broad SMARTS) is 1. The number of aromatic nitrogens is 1. The van der Waals surface area contributed by atoms with E-state index in [4.69, 9.17) is 0 Å². The lowest BCUT2D eigenvalue weighted by atomic mass is 10.0. The van der Waals surface area contributed by atoms with Gasteiger partial charge in [-0.25, -0.2) is 9.18 Å². The fourth-order valence-electron chi connectivity index (χ4n) is 3.35. The monoisotopic (exact) mass is 318 g/mol. The van der Waals surface area contributed by atoms with Crippen LogP contribution in [0.3, 0.4) is 0 Å². The number of benzene rings is 1. The van der Waals surface area contributed by atoms with Gasteiger partial charge in [-0.05, 0) is 38.9 Å². The Morgan fingerprint density at radius 1 is 1.26 bits per heavy atom. The van der Waals surface area contributed by atoms with Crippen molar-refractivity contribution in [1.82, 2.24) is 9.47 Å². The molecule has 6 heteroatoms. The SMILES string of the molecule is Cc1c(C(=O)O)c2cccc(F)c2c(=O)n1CCN1CCCC1. The van der Waals surface area contributed by atoms with E-state index in [2.05, 4.69) is 4.90 Å². The molecule has 0 bridgehead atoms. The summed E-state index contributed by atoms with van der Waals surface area (Å²) in [4.78, 5) is 26.5. The van der Waals surface area contributed by atoms with Gasteiger partial charge in [0.2, 0.25) is 0 Å². The Morgan fingerprint density at radius 2 is 1.96 bits per heavy atom. The molecular weight excluding hydrogens is 299 g/mol. The van der Waals surface area contributed by atoms with Crippen molar-refractivity contribution < 1.29 is 14.3 Å². The van der Waals surface area contributed by atoms with Crippen molar-refractivity contribution in [2.24, 2.45) is 0 Å². The van der Waals surface area contributed by atoms with Crippen LogP contribution < -0.4 is 5.56 Å². The molecule has 0 atom stereocenters. The van der Waals surface area contributed by atoms with E-state index in [9.17, 15) is 19.1 Å². The van der Waals surface area contributed by atoms with Crippen LogP contribution in [0, 0.1) is 12.7 Å². The van der Waals surface area contributed by atoms with Crippen LogP contribution in [0.5, 0.6) is 0 Å². The number of nitrogens with zero attached hydrogens (tertiary/aromatic N) is 2. The van der Waals surface area contributed by atoms with E-state index in [1.165, 1.54) is 22.8 Å². The maximum Gasteiger partial charge on any atom is 0.338 e. The first kappa shape index (κ1) is 15.7. The highest BCUT2D eigenvalue weighted by Gasteiger charge is 2.21. The van der Waals surface area contributed by atoms with Gasteiger partial charge in [0.05, 0.1) is 10.9 Å². The standard InChI is InChI=1S/C17H19FN2O3/c1-11-14(17(22)23)12-5-4-6-13(18)15(12)16(21)20(11)10-9-19-7-2-3-8-19/h4-6H,2-3,7-10H2,1H3,(H,22,23). The zero-order valence-electron chi connectivity index (χ0n) is 13.0. The van der Waals surface area contributed by atoms with Gasteiger partial charge in [-0.15, -0.1) is 0 Å². The first-order chi connectivity index (χ1) is 11.0. The molecule has 3 rings (SSSR count). The molecule has 5 nitrogen and oxygen atoms in total. The quantitative estimate of drug-likeness (QED) is 0.939. The Kier molecular flexibility index (Phi) is 4.17. The first-order valence-electron chi connectivity index (χ1n) is 7.78. The number of pyridine rings is 1. The minimum absolute atomic E-state index is 0.000483. The van der Waals surface area contributed by atoms with E-state index in [0.717, 1.165) is 25.9 Å². The average Bonchev–Trinajstić information content (AvgIpc) is 2.99. The highest BCUT2D eigenvalue weighted by atomic mass is 19.1. The lowest BCUT2D eigenvalue weighted by Crippen LogP contribution is -2.32. The highest BCUT2D eigenvalue weighted by Crippen LogP contribution is 2.22. The van der Waals surface area contributed by atoms with Gasteiger partial charge in [0.15, 0.2) is 0 Å². The van der Waals surface area contributed by atoms with E-state index in [-0.39, 0.29) is 16.3 Å². The Bertz CT molecular complexity index is 823. The molecular formula is C17H19FN2O3. The summed E-state index contributed by atoms with van der Waals surface area (Å²) in [7, 11) is 0. The lowest BCUT2D eigenvalue weighted by molar-refractivity contribution is 0.0697. The van der Waals surface area contributed by atoms with E-state index < -0.39 is 17.3 Å². The maximum atomic E-state index is 14.1. The van der Waals surface area contributed by atoms with Crippen molar-refractivity contribution in [2.45, 2.75) is 26.3 Å². The zero-order valence-corrected chi connectivity index (χ0v) is 13.0. The minimum Gasteiger partial charge on any atom is -0.478 e. The Labute approximate surface area is 132 Å². The van der Waals surface area contributed by atoms with Crippen molar-refractivity contribution in [3.63, 3.8) is 0 Å². The number of likely N-dealkylation sites (tertiary alicyclic amines) is 1. The molecule has 122 valence electrons. The summed E-state index contributed by atoms with van der Waals surface area (Å²) < 4.78 is 15.5. The maximum absolute atomic E-state index is 14.1. The molecule has 1 N–H and O–H groups in total. The number of rotatable bonds is 4. The molecule has 0 aliphatic carbocycles. The van der Waals surface area contributed by atoms with Crippen molar-refractivity contribution >= 4 is 16.7 Å². The van der Waals surface area contributed by atoms with Crippen LogP contribution in [0.1, 0.15) is 28.9 Å². The number of carbonyl (C=O) groups is 1. The molecule has 1 aromatic heterocycles. The number of hydrogen-bond acceptors (Lipinski definition) is 3. The van der Waals surface area contributed by atoms with Gasteiger partial charge in [-0.3, -0.25) is 4.79 Å². The molecule has 0 amide bonds. The normalized spacial score (nSPS) is 15.4. The number of aromatic carboxylic acids is 1. The summed E-state index contributed by atoms with van der Waals surface area (Å²) >= 11 is 0. The van der Waals surface area contributed by atoms with E-state index >= 15 is 0 Å². The second-order valence-electron chi connectivity index (χ2n) is 5.93. The third-order valence-electron chi connectivity index (χ3n) is 4.56. The van der Waals surface area contributed by atoms with Crippen LogP contribution in [0.25, 0.3) is 10.8 Å². The van der Waals surface area contributed by atoms with Gasteiger partial charge < -0.3 is 14.6 Å². The lowest BCUT2D eigenvalue weighted by Gasteiger charge is -2.19. The highest BCUT2D eigenvalue weighted by molar-refractivity contribution is 6.04. The van der Waals surface area contributed by atoms with Crippen molar-refractivity contribution in [1.29, 1.82) is 0 Å². The largest absolute Gasteiger partial charge is 0.478 e. The van der Waals surface area contributed by atoms with Crippen LogP contribution >= 0.6 is 0 Å². The zero-order chi connectivity index (χ0) is 16.6. The van der Waals surface area contributed by atoms with E-state index in [0.29, 0.717) is 18.8 Å². The van der Waals surface area contributed by atoms with Gasteiger partial charge in [0, 0.05) is 24.2 Å². The van der Waals surface area contributed by atoms with Gasteiger partial charge in [0.1, 0.15) is 5.82 Å². The second-order valence-corrected chi connectivity index (χ2v) is 5.93. The number of halogens is 1. The summed E-state index contributed by atoms with van der Waals surface area (Å²) in [6.07, 6.45) is 2.28. The number of hydrogen-bond donors (Lipinski definition) is 1. The molecule has 0 spiro atoms. The Hall–Kier alpha value is -2.21. The third-order valence-corrected chi connectivity index (χ3v) is 4.56. The van der Waals surface area contributed by atoms with Crippen molar-refractivity contribution in [3.05, 3.63) is 45.6 Å². The van der Waals surface area contributed by atoms with Gasteiger partial charge in [-0.2, -0.15) is 0 Å². The Morgan fingerprint density at radius 3 is 2.61 bits per heavy atom. The molecule has 2 aromatic rings. The molecule has 1 fully saturated rings. The molecule has 0 saturated carbocycles. The predicted molar refractivity (Wildman–Crippen MR) is 85.5 cm³/mol. The minimum atomic E-state index is -1.15. The molecule has 1 aliphatic heterocycles. The van der Waals surface area contributed by atoms with Crippen LogP contribution in [0.4, 0.5) is 4.39 Å². The van der Waals surface area contributed by atoms with Crippen LogP contribution in [0.2, 0.25) is 0 Å². The smallest absolute Gasteiger partial charge is 0.338 e. The fourth-order valence-corrected chi connectivity index (χ4v) is 3.35. The third kappa shape index (κ3) is 2.74. The average molecular weight is 318 g/mol. The summed E-state index contributed by atoms with van der Waals surface area (Å²) in [5.41, 5.74) is -0.0832. The summed E-state index contributed by atoms with van der Waals surface area (Å²) in [5, 5.41) is 9.52. The Balaban J connectivity index is 2.14. The van der Waals surface area contributed by atoms with Crippen molar-refractivity contribution in [2.75, 3.05) is 19.6 Å². The van der Waals surface area contributed by atoms with Crippen molar-refractivity contribution in [3.8, 4) is 0 Å². The second kappa shape index (κ2) is 6.12. The molecule has 0 radical (unpaired) electrons. The first-order valence-corrected chi connectivity index (χ1v) is 7.78. The fraction of sp³-hybridized carbons (Fsp3) is 0.412. The predicted octanol–water partition coefficient (Wildman–Crippen LogP) is 2.24. The molecule has 1 aliphatic rings. The molecule has 23 heavy (non-hydrogen) atoms. The van der Waals surface area contributed by atoms with Crippen LogP contribution in [0.15, 0.2) is 23.0 Å². The molecule has 2 heterocycles. The van der Waals surface area contributed by atoms with Gasteiger partial charge in [0.25, 0.3) is 5.56 Å².